The van der Waals surface area contributed by atoms with E-state index in [0.29, 0.717) is 0 Å². The average molecular weight is 272 g/mol. The number of nitrogens with one attached hydrogen (secondary N) is 1. The minimum absolute atomic E-state index is 0.825. The Morgan fingerprint density at radius 1 is 1.05 bits per heavy atom. The van der Waals surface area contributed by atoms with E-state index in [4.69, 9.17) is 0 Å². The molecule has 0 radical (unpaired) electrons. The molecule has 2 unspecified atom stereocenters. The molecule has 1 heterocycles. The summed E-state index contributed by atoms with van der Waals surface area (Å²) in [5.74, 6) is 1.71. The van der Waals surface area contributed by atoms with Crippen molar-refractivity contribution in [2.24, 2.45) is 5.92 Å². The van der Waals surface area contributed by atoms with Crippen molar-refractivity contribution in [3.05, 3.63) is 35.9 Å². The van der Waals surface area contributed by atoms with Gasteiger partial charge in [-0.2, -0.15) is 0 Å². The number of piperidine rings is 1. The lowest BCUT2D eigenvalue weighted by Gasteiger charge is -2.26. The van der Waals surface area contributed by atoms with Crippen LogP contribution in [-0.4, -0.2) is 37.6 Å². The van der Waals surface area contributed by atoms with Crippen LogP contribution in [0.25, 0.3) is 0 Å². The van der Waals surface area contributed by atoms with Crippen molar-refractivity contribution >= 4 is 0 Å². The Labute approximate surface area is 123 Å². The van der Waals surface area contributed by atoms with Gasteiger partial charge >= 0.3 is 0 Å². The van der Waals surface area contributed by atoms with E-state index < -0.39 is 0 Å². The van der Waals surface area contributed by atoms with Crippen LogP contribution in [0.4, 0.5) is 0 Å². The number of hydrogen-bond donors (Lipinski definition) is 1. The van der Waals surface area contributed by atoms with Crippen LogP contribution in [0.3, 0.4) is 0 Å². The van der Waals surface area contributed by atoms with Crippen molar-refractivity contribution in [3.63, 3.8) is 0 Å². The van der Waals surface area contributed by atoms with E-state index in [1.165, 1.54) is 70.4 Å². The molecule has 1 aliphatic heterocycles. The molecule has 2 nitrogen and oxygen atoms in total. The highest BCUT2D eigenvalue weighted by Crippen LogP contribution is 2.46. The molecule has 1 saturated carbocycles. The summed E-state index contributed by atoms with van der Waals surface area (Å²) in [7, 11) is 0. The van der Waals surface area contributed by atoms with E-state index in [1.54, 1.807) is 0 Å². The first kappa shape index (κ1) is 14.1. The molecule has 2 heteroatoms. The number of nitrogens with zero attached hydrogens (tertiary/aromatic N) is 1. The maximum Gasteiger partial charge on any atom is -0.000664 e. The van der Waals surface area contributed by atoms with Crippen LogP contribution in [0.1, 0.15) is 43.6 Å². The lowest BCUT2D eigenvalue weighted by atomic mass is 10.1. The van der Waals surface area contributed by atoms with E-state index in [9.17, 15) is 0 Å². The van der Waals surface area contributed by atoms with Crippen LogP contribution < -0.4 is 5.32 Å². The van der Waals surface area contributed by atoms with Crippen molar-refractivity contribution in [2.75, 3.05) is 32.7 Å². The fraction of sp³-hybridized carbons (Fsp3) is 0.667. The van der Waals surface area contributed by atoms with Crippen molar-refractivity contribution in [1.82, 2.24) is 10.2 Å². The average Bonchev–Trinajstić information content (AvgIpc) is 3.28. The van der Waals surface area contributed by atoms with Crippen LogP contribution in [0.5, 0.6) is 0 Å². The first-order chi connectivity index (χ1) is 9.93. The Kier molecular flexibility index (Phi) is 5.10. The SMILES string of the molecule is c1ccc(C2CC2CNCCCN2CCCCC2)cc1. The van der Waals surface area contributed by atoms with Crippen molar-refractivity contribution in [1.29, 1.82) is 0 Å². The summed E-state index contributed by atoms with van der Waals surface area (Å²) in [6, 6.07) is 11.0. The molecule has 0 amide bonds. The molecule has 0 aromatic heterocycles. The van der Waals surface area contributed by atoms with Crippen molar-refractivity contribution in [2.45, 2.75) is 38.0 Å². The monoisotopic (exact) mass is 272 g/mol. The lowest BCUT2D eigenvalue weighted by Crippen LogP contribution is -2.32. The maximum atomic E-state index is 3.66. The Hall–Kier alpha value is -0.860. The second-order valence-electron chi connectivity index (χ2n) is 6.47. The summed E-state index contributed by atoms with van der Waals surface area (Å²) in [5, 5.41) is 3.66. The predicted molar refractivity (Wildman–Crippen MR) is 85.1 cm³/mol. The maximum absolute atomic E-state index is 3.66. The van der Waals surface area contributed by atoms with E-state index in [1.807, 2.05) is 0 Å². The molecule has 0 spiro atoms. The van der Waals surface area contributed by atoms with Crippen molar-refractivity contribution < 1.29 is 0 Å². The standard InChI is InChI=1S/C18H28N2/c1-3-8-16(9-4-1)18-14-17(18)15-19-10-7-13-20-11-5-2-6-12-20/h1,3-4,8-9,17-19H,2,5-7,10-15H2. The highest BCUT2D eigenvalue weighted by molar-refractivity contribution is 5.25. The van der Waals surface area contributed by atoms with Gasteiger partial charge in [0.1, 0.15) is 0 Å². The quantitative estimate of drug-likeness (QED) is 0.767. The van der Waals surface area contributed by atoms with Crippen LogP contribution in [-0.2, 0) is 0 Å². The number of hydrogen-bond acceptors (Lipinski definition) is 2. The summed E-state index contributed by atoms with van der Waals surface area (Å²) in [4.78, 5) is 2.63. The summed E-state index contributed by atoms with van der Waals surface area (Å²) < 4.78 is 0. The van der Waals surface area contributed by atoms with Gasteiger partial charge in [-0.1, -0.05) is 36.8 Å². The van der Waals surface area contributed by atoms with E-state index in [0.717, 1.165) is 11.8 Å². The topological polar surface area (TPSA) is 15.3 Å². The smallest absolute Gasteiger partial charge is 0.000664 e. The third-order valence-corrected chi connectivity index (χ3v) is 4.83. The molecule has 20 heavy (non-hydrogen) atoms. The highest BCUT2D eigenvalue weighted by Gasteiger charge is 2.37. The Bertz CT molecular complexity index is 384. The molecule has 2 fully saturated rings. The zero-order valence-electron chi connectivity index (χ0n) is 12.6. The molecule has 2 atom stereocenters. The van der Waals surface area contributed by atoms with E-state index >= 15 is 0 Å². The second-order valence-corrected chi connectivity index (χ2v) is 6.47. The molecule has 2 aliphatic rings. The van der Waals surface area contributed by atoms with Crippen LogP contribution in [0.15, 0.2) is 30.3 Å². The van der Waals surface area contributed by atoms with Gasteiger partial charge in [0, 0.05) is 0 Å². The van der Waals surface area contributed by atoms with Gasteiger partial charge in [0.15, 0.2) is 0 Å². The van der Waals surface area contributed by atoms with Crippen LogP contribution in [0, 0.1) is 5.92 Å². The normalized spacial score (nSPS) is 26.6. The number of likely N-dealkylation sites (tertiary alicyclic amines) is 1. The summed E-state index contributed by atoms with van der Waals surface area (Å²) in [6.45, 7) is 6.35. The van der Waals surface area contributed by atoms with Gasteiger partial charge < -0.3 is 10.2 Å². The third kappa shape index (κ3) is 4.07. The van der Waals surface area contributed by atoms with Gasteiger partial charge in [-0.3, -0.25) is 0 Å². The minimum atomic E-state index is 0.825. The van der Waals surface area contributed by atoms with Crippen molar-refractivity contribution in [3.8, 4) is 0 Å². The predicted octanol–water partition coefficient (Wildman–Crippen LogP) is 3.26. The number of benzene rings is 1. The van der Waals surface area contributed by atoms with E-state index in [2.05, 4.69) is 40.5 Å². The third-order valence-electron chi connectivity index (χ3n) is 4.83. The second kappa shape index (κ2) is 7.24. The molecule has 1 N–H and O–H groups in total. The largest absolute Gasteiger partial charge is 0.316 e. The molecule has 0 bridgehead atoms. The Morgan fingerprint density at radius 3 is 2.65 bits per heavy atom. The summed E-state index contributed by atoms with van der Waals surface area (Å²) in [6.07, 6.45) is 6.95. The van der Waals surface area contributed by atoms with E-state index in [-0.39, 0.29) is 0 Å². The summed E-state index contributed by atoms with van der Waals surface area (Å²) >= 11 is 0. The van der Waals surface area contributed by atoms with Crippen LogP contribution >= 0.6 is 0 Å². The minimum Gasteiger partial charge on any atom is -0.316 e. The zero-order valence-corrected chi connectivity index (χ0v) is 12.6. The van der Waals surface area contributed by atoms with Gasteiger partial charge in [0.25, 0.3) is 0 Å². The summed E-state index contributed by atoms with van der Waals surface area (Å²) in [5.41, 5.74) is 1.53. The van der Waals surface area contributed by atoms with Gasteiger partial charge in [0.2, 0.25) is 0 Å². The molecule has 1 aliphatic carbocycles. The highest BCUT2D eigenvalue weighted by atomic mass is 15.1. The van der Waals surface area contributed by atoms with Gasteiger partial charge in [-0.05, 0) is 75.8 Å². The fourth-order valence-corrected chi connectivity index (χ4v) is 3.48. The Morgan fingerprint density at radius 2 is 1.85 bits per heavy atom. The molecule has 1 saturated heterocycles. The Balaban J connectivity index is 1.24. The molecule has 1 aromatic rings. The fourth-order valence-electron chi connectivity index (χ4n) is 3.48. The first-order valence-corrected chi connectivity index (χ1v) is 8.41. The van der Waals surface area contributed by atoms with Gasteiger partial charge in [-0.25, -0.2) is 0 Å². The lowest BCUT2D eigenvalue weighted by molar-refractivity contribution is 0.225. The molecular formula is C18H28N2. The van der Waals surface area contributed by atoms with Crippen LogP contribution in [0.2, 0.25) is 0 Å². The zero-order chi connectivity index (χ0) is 13.6. The molecule has 110 valence electrons. The van der Waals surface area contributed by atoms with Gasteiger partial charge in [-0.15, -0.1) is 0 Å². The molecule has 3 rings (SSSR count). The molecule has 1 aromatic carbocycles. The van der Waals surface area contributed by atoms with Gasteiger partial charge in [0.05, 0.1) is 0 Å². The first-order valence-electron chi connectivity index (χ1n) is 8.41. The molecular weight excluding hydrogens is 244 g/mol. The number of rotatable bonds is 7.